The van der Waals surface area contributed by atoms with Gasteiger partial charge in [-0.15, -0.1) is 0 Å². The summed E-state index contributed by atoms with van der Waals surface area (Å²) in [6.07, 6.45) is -1.42. The first kappa shape index (κ1) is 18.6. The first-order valence-electron chi connectivity index (χ1n) is 9.45. The molecule has 1 aliphatic rings. The monoisotopic (exact) mass is 385 g/mol. The quantitative estimate of drug-likeness (QED) is 0.593. The van der Waals surface area contributed by atoms with Crippen molar-refractivity contribution in [2.24, 2.45) is 0 Å². The molecule has 0 amide bonds. The number of fused-ring (bicyclic) bond motifs is 1. The average molecular weight is 385 g/mol. The van der Waals surface area contributed by atoms with Crippen LogP contribution < -0.4 is 5.32 Å². The normalized spacial score (nSPS) is 14.3. The number of rotatable bonds is 2. The lowest BCUT2D eigenvalue weighted by Crippen LogP contribution is -2.08. The van der Waals surface area contributed by atoms with Crippen LogP contribution in [0.5, 0.6) is 0 Å². The van der Waals surface area contributed by atoms with Crippen molar-refractivity contribution in [1.29, 1.82) is 0 Å². The fraction of sp³-hybridized carbons (Fsp3) is 0.318. The highest BCUT2D eigenvalue weighted by atomic mass is 19.4. The largest absolute Gasteiger partial charge is 0.416 e. The molecular formula is C22H22F3N3. The van der Waals surface area contributed by atoms with Crippen molar-refractivity contribution in [2.45, 2.75) is 39.3 Å². The van der Waals surface area contributed by atoms with Gasteiger partial charge in [0.1, 0.15) is 5.82 Å². The van der Waals surface area contributed by atoms with Gasteiger partial charge >= 0.3 is 6.18 Å². The van der Waals surface area contributed by atoms with Gasteiger partial charge in [0.2, 0.25) is 0 Å². The number of nitrogens with zero attached hydrogens (tertiary/aromatic N) is 2. The van der Waals surface area contributed by atoms with Gasteiger partial charge in [-0.2, -0.15) is 18.3 Å². The molecule has 28 heavy (non-hydrogen) atoms. The van der Waals surface area contributed by atoms with E-state index in [0.717, 1.165) is 71.8 Å². The van der Waals surface area contributed by atoms with Gasteiger partial charge < -0.3 is 5.32 Å². The van der Waals surface area contributed by atoms with Crippen LogP contribution >= 0.6 is 0 Å². The third kappa shape index (κ3) is 3.39. The molecule has 4 rings (SSSR count). The molecule has 2 heterocycles. The minimum Gasteiger partial charge on any atom is -0.370 e. The Balaban J connectivity index is 1.87. The molecule has 0 radical (unpaired) electrons. The highest BCUT2D eigenvalue weighted by Gasteiger charge is 2.30. The summed E-state index contributed by atoms with van der Waals surface area (Å²) in [5.41, 5.74) is 5.10. The van der Waals surface area contributed by atoms with Crippen LogP contribution in [0.2, 0.25) is 0 Å². The highest BCUT2D eigenvalue weighted by Crippen LogP contribution is 2.36. The lowest BCUT2D eigenvalue weighted by molar-refractivity contribution is -0.137. The molecule has 3 aromatic rings. The minimum atomic E-state index is -4.34. The Morgan fingerprint density at radius 3 is 2.46 bits per heavy atom. The molecule has 0 unspecified atom stereocenters. The smallest absolute Gasteiger partial charge is 0.370 e. The van der Waals surface area contributed by atoms with Crippen LogP contribution in [0.25, 0.3) is 16.9 Å². The van der Waals surface area contributed by atoms with E-state index in [-0.39, 0.29) is 0 Å². The number of nitrogens with one attached hydrogen (secondary N) is 1. The number of hydrogen-bond acceptors (Lipinski definition) is 2. The molecule has 146 valence electrons. The standard InChI is InChI=1S/C22H22F3N3/c1-14-6-7-15(2)19(13-14)28-21-18(5-3-4-12-26-21)20(27-28)16-8-10-17(11-9-16)22(23,24)25/h6-11,13,26H,3-5,12H2,1-2H3. The van der Waals surface area contributed by atoms with Gasteiger partial charge in [0, 0.05) is 17.7 Å². The number of benzene rings is 2. The predicted molar refractivity (Wildman–Crippen MR) is 105 cm³/mol. The average Bonchev–Trinajstić information content (AvgIpc) is 2.84. The fourth-order valence-electron chi connectivity index (χ4n) is 3.67. The summed E-state index contributed by atoms with van der Waals surface area (Å²) in [5.74, 6) is 0.945. The maximum atomic E-state index is 12.9. The SMILES string of the molecule is Cc1ccc(C)c(-n2nc(-c3ccc(C(F)(F)F)cc3)c3c2NCCCC3)c1. The van der Waals surface area contributed by atoms with Gasteiger partial charge in [0.05, 0.1) is 16.9 Å². The van der Waals surface area contributed by atoms with Gasteiger partial charge in [-0.3, -0.25) is 0 Å². The third-order valence-electron chi connectivity index (χ3n) is 5.21. The highest BCUT2D eigenvalue weighted by molar-refractivity contribution is 5.72. The maximum absolute atomic E-state index is 12.9. The number of aromatic nitrogens is 2. The summed E-state index contributed by atoms with van der Waals surface area (Å²) in [7, 11) is 0. The summed E-state index contributed by atoms with van der Waals surface area (Å²) in [6, 6.07) is 11.5. The first-order valence-corrected chi connectivity index (χ1v) is 9.45. The molecule has 0 saturated heterocycles. The Labute approximate surface area is 162 Å². The van der Waals surface area contributed by atoms with Crippen molar-refractivity contribution in [2.75, 3.05) is 11.9 Å². The van der Waals surface area contributed by atoms with Crippen molar-refractivity contribution < 1.29 is 13.2 Å². The van der Waals surface area contributed by atoms with Gasteiger partial charge in [0.15, 0.2) is 0 Å². The van der Waals surface area contributed by atoms with E-state index in [1.54, 1.807) is 0 Å². The number of anilines is 1. The topological polar surface area (TPSA) is 29.9 Å². The third-order valence-corrected chi connectivity index (χ3v) is 5.21. The Bertz CT molecular complexity index is 1000. The number of hydrogen-bond donors (Lipinski definition) is 1. The van der Waals surface area contributed by atoms with Crippen molar-refractivity contribution in [3.8, 4) is 16.9 Å². The Morgan fingerprint density at radius 2 is 1.75 bits per heavy atom. The molecule has 1 N–H and O–H groups in total. The van der Waals surface area contributed by atoms with Crippen LogP contribution in [0.3, 0.4) is 0 Å². The zero-order valence-corrected chi connectivity index (χ0v) is 15.9. The Hall–Kier alpha value is -2.76. The molecule has 0 aliphatic carbocycles. The molecule has 1 aromatic heterocycles. The molecule has 0 saturated carbocycles. The predicted octanol–water partition coefficient (Wildman–Crippen LogP) is 5.92. The Morgan fingerprint density at radius 1 is 1.00 bits per heavy atom. The molecule has 0 atom stereocenters. The van der Waals surface area contributed by atoms with Gasteiger partial charge in [-0.05, 0) is 62.4 Å². The van der Waals surface area contributed by atoms with Crippen LogP contribution in [0, 0.1) is 13.8 Å². The number of aryl methyl sites for hydroxylation is 2. The van der Waals surface area contributed by atoms with Crippen LogP contribution in [0.15, 0.2) is 42.5 Å². The van der Waals surface area contributed by atoms with Gasteiger partial charge in [-0.25, -0.2) is 4.68 Å². The summed E-state index contributed by atoms with van der Waals surface area (Å²) < 4.78 is 40.7. The molecular weight excluding hydrogens is 363 g/mol. The van der Waals surface area contributed by atoms with Gasteiger partial charge in [0.25, 0.3) is 0 Å². The maximum Gasteiger partial charge on any atom is 0.416 e. The van der Waals surface area contributed by atoms with Crippen LogP contribution in [0.1, 0.15) is 35.1 Å². The summed E-state index contributed by atoms with van der Waals surface area (Å²) >= 11 is 0. The molecule has 6 heteroatoms. The summed E-state index contributed by atoms with van der Waals surface area (Å²) in [4.78, 5) is 0. The summed E-state index contributed by atoms with van der Waals surface area (Å²) in [5, 5.41) is 8.33. The number of halogens is 3. The molecule has 2 aromatic carbocycles. The van der Waals surface area contributed by atoms with E-state index >= 15 is 0 Å². The Kier molecular flexibility index (Phi) is 4.65. The van der Waals surface area contributed by atoms with Crippen molar-refractivity contribution in [3.05, 3.63) is 64.7 Å². The first-order chi connectivity index (χ1) is 13.3. The van der Waals surface area contributed by atoms with E-state index in [1.807, 2.05) is 18.5 Å². The summed E-state index contributed by atoms with van der Waals surface area (Å²) in [6.45, 7) is 4.93. The second-order valence-corrected chi connectivity index (χ2v) is 7.34. The molecule has 0 fully saturated rings. The van der Waals surface area contributed by atoms with Gasteiger partial charge in [-0.1, -0.05) is 24.3 Å². The van der Waals surface area contributed by atoms with E-state index in [1.165, 1.54) is 12.1 Å². The lowest BCUT2D eigenvalue weighted by atomic mass is 10.0. The van der Waals surface area contributed by atoms with Crippen LogP contribution in [-0.2, 0) is 12.6 Å². The molecule has 0 spiro atoms. The lowest BCUT2D eigenvalue weighted by Gasteiger charge is -2.12. The number of alkyl halides is 3. The van der Waals surface area contributed by atoms with E-state index in [0.29, 0.717) is 5.56 Å². The van der Waals surface area contributed by atoms with Crippen LogP contribution in [0.4, 0.5) is 19.0 Å². The van der Waals surface area contributed by atoms with Crippen LogP contribution in [-0.4, -0.2) is 16.3 Å². The fourth-order valence-corrected chi connectivity index (χ4v) is 3.67. The molecule has 3 nitrogen and oxygen atoms in total. The zero-order valence-electron chi connectivity index (χ0n) is 15.9. The van der Waals surface area contributed by atoms with E-state index in [2.05, 4.69) is 23.5 Å². The minimum absolute atomic E-state index is 0.644. The van der Waals surface area contributed by atoms with Crippen molar-refractivity contribution >= 4 is 5.82 Å². The van der Waals surface area contributed by atoms with E-state index in [4.69, 9.17) is 5.10 Å². The second-order valence-electron chi connectivity index (χ2n) is 7.34. The second kappa shape index (κ2) is 7.00. The molecule has 0 bridgehead atoms. The zero-order chi connectivity index (χ0) is 19.9. The van der Waals surface area contributed by atoms with Crippen molar-refractivity contribution in [3.63, 3.8) is 0 Å². The van der Waals surface area contributed by atoms with Crippen molar-refractivity contribution in [1.82, 2.24) is 9.78 Å². The van der Waals surface area contributed by atoms with E-state index < -0.39 is 11.7 Å². The molecule has 1 aliphatic heterocycles. The van der Waals surface area contributed by atoms with E-state index in [9.17, 15) is 13.2 Å².